The van der Waals surface area contributed by atoms with Gasteiger partial charge in [0.1, 0.15) is 4.88 Å². The molecule has 0 atom stereocenters. The first-order valence-electron chi connectivity index (χ1n) is 4.86. The van der Waals surface area contributed by atoms with Crippen LogP contribution in [0.3, 0.4) is 0 Å². The molecule has 0 aliphatic heterocycles. The SMILES string of the molecule is CCC.CCc1ccc(C(=O)OC)s1. The van der Waals surface area contributed by atoms with E-state index >= 15 is 0 Å². The van der Waals surface area contributed by atoms with Crippen LogP contribution in [0.25, 0.3) is 0 Å². The van der Waals surface area contributed by atoms with Crippen LogP contribution in [0.5, 0.6) is 0 Å². The van der Waals surface area contributed by atoms with Crippen LogP contribution in [-0.2, 0) is 11.2 Å². The van der Waals surface area contributed by atoms with Gasteiger partial charge < -0.3 is 4.74 Å². The molecule has 1 aromatic heterocycles. The van der Waals surface area contributed by atoms with Crippen LogP contribution in [-0.4, -0.2) is 13.1 Å². The second kappa shape index (κ2) is 7.56. The molecule has 1 heterocycles. The van der Waals surface area contributed by atoms with Crippen molar-refractivity contribution in [3.63, 3.8) is 0 Å². The van der Waals surface area contributed by atoms with E-state index < -0.39 is 0 Å². The molecular formula is C11H18O2S. The summed E-state index contributed by atoms with van der Waals surface area (Å²) in [6, 6.07) is 3.76. The molecule has 0 N–H and O–H groups in total. The van der Waals surface area contributed by atoms with Crippen molar-refractivity contribution in [2.45, 2.75) is 33.6 Å². The summed E-state index contributed by atoms with van der Waals surface area (Å²) in [5.74, 6) is -0.241. The number of hydrogen-bond donors (Lipinski definition) is 0. The van der Waals surface area contributed by atoms with Crippen molar-refractivity contribution < 1.29 is 9.53 Å². The molecule has 80 valence electrons. The molecule has 0 fully saturated rings. The first kappa shape index (κ1) is 13.2. The number of aryl methyl sites for hydroxylation is 1. The Hall–Kier alpha value is -0.830. The van der Waals surface area contributed by atoms with Crippen LogP contribution in [0.15, 0.2) is 12.1 Å². The van der Waals surface area contributed by atoms with Gasteiger partial charge in [0.25, 0.3) is 0 Å². The summed E-state index contributed by atoms with van der Waals surface area (Å²) >= 11 is 1.49. The van der Waals surface area contributed by atoms with Gasteiger partial charge in [-0.05, 0) is 18.6 Å². The third kappa shape index (κ3) is 4.42. The van der Waals surface area contributed by atoms with Gasteiger partial charge in [0.2, 0.25) is 0 Å². The summed E-state index contributed by atoms with van der Waals surface area (Å²) in [5.41, 5.74) is 0. The number of ether oxygens (including phenoxy) is 1. The lowest BCUT2D eigenvalue weighted by Crippen LogP contribution is -1.96. The number of hydrogen-bond acceptors (Lipinski definition) is 3. The van der Waals surface area contributed by atoms with Gasteiger partial charge in [0, 0.05) is 4.88 Å². The molecule has 14 heavy (non-hydrogen) atoms. The Morgan fingerprint density at radius 1 is 1.36 bits per heavy atom. The van der Waals surface area contributed by atoms with Gasteiger partial charge in [-0.1, -0.05) is 27.2 Å². The van der Waals surface area contributed by atoms with Crippen LogP contribution in [0.2, 0.25) is 0 Å². The van der Waals surface area contributed by atoms with Crippen LogP contribution in [0, 0.1) is 0 Å². The fourth-order valence-electron chi connectivity index (χ4n) is 0.778. The lowest BCUT2D eigenvalue weighted by molar-refractivity contribution is 0.0606. The zero-order valence-corrected chi connectivity index (χ0v) is 10.1. The molecule has 2 nitrogen and oxygen atoms in total. The minimum Gasteiger partial charge on any atom is -0.465 e. The second-order valence-corrected chi connectivity index (χ2v) is 3.99. The van der Waals surface area contributed by atoms with E-state index in [2.05, 4.69) is 25.5 Å². The van der Waals surface area contributed by atoms with Crippen LogP contribution < -0.4 is 0 Å². The quantitative estimate of drug-likeness (QED) is 0.704. The lowest BCUT2D eigenvalue weighted by Gasteiger charge is -1.91. The predicted octanol–water partition coefficient (Wildman–Crippen LogP) is 3.51. The summed E-state index contributed by atoms with van der Waals surface area (Å²) < 4.78 is 4.57. The Labute approximate surface area is 89.9 Å². The summed E-state index contributed by atoms with van der Waals surface area (Å²) in [6.45, 7) is 6.31. The zero-order chi connectivity index (χ0) is 11.0. The molecule has 0 aliphatic carbocycles. The monoisotopic (exact) mass is 214 g/mol. The van der Waals surface area contributed by atoms with Crippen molar-refractivity contribution in [3.8, 4) is 0 Å². The number of esters is 1. The molecule has 0 saturated heterocycles. The predicted molar refractivity (Wildman–Crippen MR) is 61.0 cm³/mol. The molecule has 0 aromatic carbocycles. The fraction of sp³-hybridized carbons (Fsp3) is 0.545. The van der Waals surface area contributed by atoms with Gasteiger partial charge in [-0.15, -0.1) is 11.3 Å². The first-order valence-corrected chi connectivity index (χ1v) is 5.68. The van der Waals surface area contributed by atoms with Gasteiger partial charge >= 0.3 is 5.97 Å². The van der Waals surface area contributed by atoms with Gasteiger partial charge in [0.15, 0.2) is 0 Å². The Balaban J connectivity index is 0.000000500. The third-order valence-electron chi connectivity index (χ3n) is 1.40. The lowest BCUT2D eigenvalue weighted by atomic mass is 10.4. The Bertz CT molecular complexity index is 266. The van der Waals surface area contributed by atoms with Crippen molar-refractivity contribution in [1.82, 2.24) is 0 Å². The highest BCUT2D eigenvalue weighted by molar-refractivity contribution is 7.13. The summed E-state index contributed by atoms with van der Waals surface area (Å²) in [7, 11) is 1.40. The highest BCUT2D eigenvalue weighted by Gasteiger charge is 2.06. The van der Waals surface area contributed by atoms with E-state index in [1.54, 1.807) is 6.07 Å². The van der Waals surface area contributed by atoms with Crippen molar-refractivity contribution in [3.05, 3.63) is 21.9 Å². The standard InChI is InChI=1S/C8H10O2S.C3H8/c1-3-6-4-5-7(11-6)8(9)10-2;1-3-2/h4-5H,3H2,1-2H3;3H2,1-2H3. The van der Waals surface area contributed by atoms with E-state index in [1.165, 1.54) is 29.7 Å². The number of thiophene rings is 1. The highest BCUT2D eigenvalue weighted by atomic mass is 32.1. The molecule has 0 spiro atoms. The third-order valence-corrected chi connectivity index (χ3v) is 2.61. The molecule has 0 amide bonds. The van der Waals surface area contributed by atoms with Gasteiger partial charge in [-0.25, -0.2) is 4.79 Å². The van der Waals surface area contributed by atoms with Crippen LogP contribution in [0.4, 0.5) is 0 Å². The fourth-order valence-corrected chi connectivity index (χ4v) is 1.64. The van der Waals surface area contributed by atoms with Gasteiger partial charge in [-0.3, -0.25) is 0 Å². The number of rotatable bonds is 2. The maximum atomic E-state index is 10.9. The second-order valence-electron chi connectivity index (χ2n) is 2.82. The summed E-state index contributed by atoms with van der Waals surface area (Å²) in [5, 5.41) is 0. The van der Waals surface area contributed by atoms with E-state index in [-0.39, 0.29) is 5.97 Å². The topological polar surface area (TPSA) is 26.3 Å². The Morgan fingerprint density at radius 2 is 1.93 bits per heavy atom. The maximum Gasteiger partial charge on any atom is 0.348 e. The largest absolute Gasteiger partial charge is 0.465 e. The van der Waals surface area contributed by atoms with E-state index in [0.717, 1.165) is 6.42 Å². The molecule has 0 radical (unpaired) electrons. The van der Waals surface area contributed by atoms with E-state index in [1.807, 2.05) is 6.07 Å². The number of carbonyl (C=O) groups excluding carboxylic acids is 1. The Kier molecular flexibility index (Phi) is 7.11. The normalized spacial score (nSPS) is 8.86. The highest BCUT2D eigenvalue weighted by Crippen LogP contribution is 2.17. The van der Waals surface area contributed by atoms with Crippen molar-refractivity contribution in [2.24, 2.45) is 0 Å². The summed E-state index contributed by atoms with van der Waals surface area (Å²) in [4.78, 5) is 12.8. The molecule has 1 aromatic rings. The number of carbonyl (C=O) groups is 1. The van der Waals surface area contributed by atoms with Gasteiger partial charge in [0.05, 0.1) is 7.11 Å². The zero-order valence-electron chi connectivity index (χ0n) is 9.29. The molecule has 3 heteroatoms. The van der Waals surface area contributed by atoms with E-state index in [0.29, 0.717) is 4.88 Å². The Morgan fingerprint density at radius 3 is 2.29 bits per heavy atom. The van der Waals surface area contributed by atoms with Crippen molar-refractivity contribution >= 4 is 17.3 Å². The van der Waals surface area contributed by atoms with Crippen LogP contribution >= 0.6 is 11.3 Å². The maximum absolute atomic E-state index is 10.9. The first-order chi connectivity index (χ1) is 6.69. The van der Waals surface area contributed by atoms with Gasteiger partial charge in [-0.2, -0.15) is 0 Å². The van der Waals surface area contributed by atoms with E-state index in [4.69, 9.17) is 0 Å². The van der Waals surface area contributed by atoms with Crippen LogP contribution in [0.1, 0.15) is 41.7 Å². The minimum atomic E-state index is -0.241. The number of methoxy groups -OCH3 is 1. The smallest absolute Gasteiger partial charge is 0.348 e. The molecule has 0 aliphatic rings. The average molecular weight is 214 g/mol. The van der Waals surface area contributed by atoms with Crippen molar-refractivity contribution in [1.29, 1.82) is 0 Å². The minimum absolute atomic E-state index is 0.241. The molecule has 0 bridgehead atoms. The molecule has 0 unspecified atom stereocenters. The molecular weight excluding hydrogens is 196 g/mol. The average Bonchev–Trinajstić information content (AvgIpc) is 2.66. The molecule has 1 rings (SSSR count). The van der Waals surface area contributed by atoms with E-state index in [9.17, 15) is 4.79 Å². The summed E-state index contributed by atoms with van der Waals surface area (Å²) in [6.07, 6.45) is 2.22. The van der Waals surface area contributed by atoms with Crippen molar-refractivity contribution in [2.75, 3.05) is 7.11 Å². The molecule has 0 saturated carbocycles.